The number of esters is 1. The van der Waals surface area contributed by atoms with Gasteiger partial charge in [-0.3, -0.25) is 20.4 Å². The van der Waals surface area contributed by atoms with Gasteiger partial charge in [0.2, 0.25) is 0 Å². The first-order valence-electron chi connectivity index (χ1n) is 8.38. The minimum Gasteiger partial charge on any atom is -0.449 e. The van der Waals surface area contributed by atoms with Crippen LogP contribution >= 0.6 is 0 Å². The van der Waals surface area contributed by atoms with Crippen LogP contribution in [0.3, 0.4) is 0 Å². The first-order valence-corrected chi connectivity index (χ1v) is 8.38. The molecule has 7 nitrogen and oxygen atoms in total. The molecule has 2 rings (SSSR count). The highest BCUT2D eigenvalue weighted by Crippen LogP contribution is 2.16. The van der Waals surface area contributed by atoms with Gasteiger partial charge >= 0.3 is 5.97 Å². The molecule has 1 heterocycles. The maximum Gasteiger partial charge on any atom is 0.340 e. The van der Waals surface area contributed by atoms with Crippen molar-refractivity contribution in [3.8, 4) is 0 Å². The minimum atomic E-state index is -1.05. The van der Waals surface area contributed by atoms with Crippen LogP contribution in [-0.4, -0.2) is 28.5 Å². The van der Waals surface area contributed by atoms with E-state index in [-0.39, 0.29) is 0 Å². The molecule has 0 radical (unpaired) electrons. The summed E-state index contributed by atoms with van der Waals surface area (Å²) in [7, 11) is 0. The van der Waals surface area contributed by atoms with Crippen molar-refractivity contribution in [1.29, 1.82) is 0 Å². The molecule has 2 amide bonds. The predicted molar refractivity (Wildman–Crippen MR) is 96.5 cm³/mol. The van der Waals surface area contributed by atoms with Crippen LogP contribution in [-0.2, 0) is 16.1 Å². The Morgan fingerprint density at radius 1 is 1.12 bits per heavy atom. The maximum absolute atomic E-state index is 12.3. The van der Waals surface area contributed by atoms with Gasteiger partial charge in [0, 0.05) is 23.5 Å². The van der Waals surface area contributed by atoms with Crippen molar-refractivity contribution in [1.82, 2.24) is 15.4 Å². The van der Waals surface area contributed by atoms with Crippen molar-refractivity contribution in [2.45, 2.75) is 40.3 Å². The average molecular weight is 357 g/mol. The SMILES string of the molecule is CCn1c(C)cc(C(=O)O[C@@H](C)C(=O)NNC(=O)c2ccccc2)c1C. The Labute approximate surface area is 152 Å². The summed E-state index contributed by atoms with van der Waals surface area (Å²) in [6.07, 6.45) is -1.05. The van der Waals surface area contributed by atoms with E-state index in [1.54, 1.807) is 36.4 Å². The molecule has 2 aromatic rings. The topological polar surface area (TPSA) is 89.4 Å². The van der Waals surface area contributed by atoms with Gasteiger partial charge < -0.3 is 9.30 Å². The largest absolute Gasteiger partial charge is 0.449 e. The van der Waals surface area contributed by atoms with Gasteiger partial charge in [-0.2, -0.15) is 0 Å². The number of carbonyl (C=O) groups is 3. The molecular formula is C19H23N3O4. The van der Waals surface area contributed by atoms with Crippen LogP contribution in [0.2, 0.25) is 0 Å². The van der Waals surface area contributed by atoms with Crippen LogP contribution in [0.15, 0.2) is 36.4 Å². The van der Waals surface area contributed by atoms with E-state index in [0.29, 0.717) is 11.1 Å². The first kappa shape index (κ1) is 19.2. The molecule has 26 heavy (non-hydrogen) atoms. The van der Waals surface area contributed by atoms with Gasteiger partial charge in [0.1, 0.15) is 0 Å². The Morgan fingerprint density at radius 3 is 2.35 bits per heavy atom. The molecule has 1 atom stereocenters. The second-order valence-corrected chi connectivity index (χ2v) is 5.89. The lowest BCUT2D eigenvalue weighted by Crippen LogP contribution is -2.46. The zero-order chi connectivity index (χ0) is 19.3. The van der Waals surface area contributed by atoms with Gasteiger partial charge in [-0.15, -0.1) is 0 Å². The van der Waals surface area contributed by atoms with Crippen molar-refractivity contribution in [3.63, 3.8) is 0 Å². The Hall–Kier alpha value is -3.09. The van der Waals surface area contributed by atoms with E-state index < -0.39 is 23.9 Å². The first-order chi connectivity index (χ1) is 12.3. The number of hydrogen-bond donors (Lipinski definition) is 2. The highest BCUT2D eigenvalue weighted by atomic mass is 16.5. The van der Waals surface area contributed by atoms with Crippen molar-refractivity contribution < 1.29 is 19.1 Å². The van der Waals surface area contributed by atoms with E-state index >= 15 is 0 Å². The van der Waals surface area contributed by atoms with Crippen LogP contribution in [0, 0.1) is 13.8 Å². The lowest BCUT2D eigenvalue weighted by Gasteiger charge is -2.14. The highest BCUT2D eigenvalue weighted by Gasteiger charge is 2.22. The third-order valence-corrected chi connectivity index (χ3v) is 4.10. The second kappa shape index (κ2) is 8.33. The summed E-state index contributed by atoms with van der Waals surface area (Å²) >= 11 is 0. The molecule has 0 saturated carbocycles. The van der Waals surface area contributed by atoms with Crippen molar-refractivity contribution in [2.24, 2.45) is 0 Å². The number of hydrazine groups is 1. The number of amides is 2. The summed E-state index contributed by atoms with van der Waals surface area (Å²) in [5.41, 5.74) is 7.13. The van der Waals surface area contributed by atoms with Crippen molar-refractivity contribution in [3.05, 3.63) is 58.9 Å². The van der Waals surface area contributed by atoms with Crippen LogP contribution in [0.5, 0.6) is 0 Å². The summed E-state index contributed by atoms with van der Waals surface area (Å²) in [5.74, 6) is -1.65. The molecule has 0 aliphatic carbocycles. The smallest absolute Gasteiger partial charge is 0.340 e. The van der Waals surface area contributed by atoms with Crippen molar-refractivity contribution in [2.75, 3.05) is 0 Å². The molecule has 7 heteroatoms. The molecule has 0 unspecified atom stereocenters. The molecule has 0 fully saturated rings. The molecule has 0 spiro atoms. The van der Waals surface area contributed by atoms with E-state index in [0.717, 1.165) is 17.9 Å². The predicted octanol–water partition coefficient (Wildman–Crippen LogP) is 2.13. The molecule has 138 valence electrons. The normalized spacial score (nSPS) is 11.5. The second-order valence-electron chi connectivity index (χ2n) is 5.89. The number of nitrogens with zero attached hydrogens (tertiary/aromatic N) is 1. The third kappa shape index (κ3) is 4.30. The van der Waals surface area contributed by atoms with Gasteiger partial charge in [-0.25, -0.2) is 4.79 Å². The highest BCUT2D eigenvalue weighted by molar-refractivity contribution is 5.96. The van der Waals surface area contributed by atoms with Gasteiger partial charge in [0.05, 0.1) is 5.56 Å². The number of carbonyl (C=O) groups excluding carboxylic acids is 3. The minimum absolute atomic E-state index is 0.407. The van der Waals surface area contributed by atoms with E-state index in [9.17, 15) is 14.4 Å². The monoisotopic (exact) mass is 357 g/mol. The third-order valence-electron chi connectivity index (χ3n) is 4.10. The summed E-state index contributed by atoms with van der Waals surface area (Å²) < 4.78 is 7.20. The Kier molecular flexibility index (Phi) is 6.16. The zero-order valence-corrected chi connectivity index (χ0v) is 15.3. The average Bonchev–Trinajstić information content (AvgIpc) is 2.93. The lowest BCUT2D eigenvalue weighted by molar-refractivity contribution is -0.129. The standard InChI is InChI=1S/C19H23N3O4/c1-5-22-12(2)11-16(13(22)3)19(25)26-14(4)17(23)20-21-18(24)15-9-7-6-8-10-15/h6-11,14H,5H2,1-4H3,(H,20,23)(H,21,24)/t14-/m0/s1. The lowest BCUT2D eigenvalue weighted by atomic mass is 10.2. The fourth-order valence-electron chi connectivity index (χ4n) is 2.65. The molecule has 1 aromatic heterocycles. The van der Waals surface area contributed by atoms with E-state index in [1.165, 1.54) is 6.92 Å². The van der Waals surface area contributed by atoms with Gasteiger partial charge in [-0.05, 0) is 45.9 Å². The van der Waals surface area contributed by atoms with Crippen LogP contribution in [0.25, 0.3) is 0 Å². The maximum atomic E-state index is 12.3. The Morgan fingerprint density at radius 2 is 1.77 bits per heavy atom. The number of benzene rings is 1. The molecule has 0 aliphatic rings. The van der Waals surface area contributed by atoms with Crippen molar-refractivity contribution >= 4 is 17.8 Å². The van der Waals surface area contributed by atoms with E-state index in [4.69, 9.17) is 4.74 Å². The van der Waals surface area contributed by atoms with Crippen LogP contribution in [0.4, 0.5) is 0 Å². The van der Waals surface area contributed by atoms with Crippen LogP contribution < -0.4 is 10.9 Å². The number of nitrogens with one attached hydrogen (secondary N) is 2. The Bertz CT molecular complexity index is 812. The molecular weight excluding hydrogens is 334 g/mol. The summed E-state index contributed by atoms with van der Waals surface area (Å²) in [4.78, 5) is 36.3. The van der Waals surface area contributed by atoms with Crippen LogP contribution in [0.1, 0.15) is 46.0 Å². The van der Waals surface area contributed by atoms with Gasteiger partial charge in [-0.1, -0.05) is 18.2 Å². The number of aryl methyl sites for hydroxylation is 1. The summed E-state index contributed by atoms with van der Waals surface area (Å²) in [6, 6.07) is 10.2. The number of aromatic nitrogens is 1. The summed E-state index contributed by atoms with van der Waals surface area (Å²) in [6.45, 7) is 7.91. The molecule has 2 N–H and O–H groups in total. The molecule has 0 aliphatic heterocycles. The van der Waals surface area contributed by atoms with E-state index in [1.807, 2.05) is 25.3 Å². The molecule has 0 saturated heterocycles. The van der Waals surface area contributed by atoms with Gasteiger partial charge in [0.15, 0.2) is 6.10 Å². The summed E-state index contributed by atoms with van der Waals surface area (Å²) in [5, 5.41) is 0. The quantitative estimate of drug-likeness (QED) is 0.634. The number of ether oxygens (including phenoxy) is 1. The number of hydrogen-bond acceptors (Lipinski definition) is 4. The molecule has 1 aromatic carbocycles. The van der Waals surface area contributed by atoms with Gasteiger partial charge in [0.25, 0.3) is 11.8 Å². The fraction of sp³-hybridized carbons (Fsp3) is 0.316. The molecule has 0 bridgehead atoms. The Balaban J connectivity index is 1.92. The number of rotatable bonds is 5. The van der Waals surface area contributed by atoms with E-state index in [2.05, 4.69) is 10.9 Å². The fourth-order valence-corrected chi connectivity index (χ4v) is 2.65. The zero-order valence-electron chi connectivity index (χ0n) is 15.3.